The van der Waals surface area contributed by atoms with Gasteiger partial charge in [-0.3, -0.25) is 5.32 Å². The lowest BCUT2D eigenvalue weighted by Crippen LogP contribution is -2.37. The van der Waals surface area contributed by atoms with Crippen molar-refractivity contribution in [1.82, 2.24) is 15.1 Å². The fraction of sp³-hybridized carbons (Fsp3) is 0.250. The number of aromatic nitrogens is 2. The van der Waals surface area contributed by atoms with E-state index in [9.17, 15) is 4.79 Å². The van der Waals surface area contributed by atoms with E-state index < -0.39 is 0 Å². The summed E-state index contributed by atoms with van der Waals surface area (Å²) in [4.78, 5) is 14.9. The third-order valence-corrected chi connectivity index (χ3v) is 5.39. The van der Waals surface area contributed by atoms with E-state index in [1.165, 1.54) is 28.0 Å². The summed E-state index contributed by atoms with van der Waals surface area (Å²) in [6.07, 6.45) is 1.94. The molecule has 2 amide bonds. The summed E-state index contributed by atoms with van der Waals surface area (Å²) < 4.78 is 0. The van der Waals surface area contributed by atoms with Crippen LogP contribution in [-0.4, -0.2) is 21.1 Å². The van der Waals surface area contributed by atoms with Gasteiger partial charge in [0.1, 0.15) is 5.51 Å². The van der Waals surface area contributed by atoms with Gasteiger partial charge in [0.25, 0.3) is 0 Å². The van der Waals surface area contributed by atoms with Crippen molar-refractivity contribution in [2.75, 3.05) is 5.32 Å². The maximum atomic E-state index is 13.0. The number of rotatable bonds is 4. The summed E-state index contributed by atoms with van der Waals surface area (Å²) in [5, 5.41) is 11.2. The minimum absolute atomic E-state index is 0.0698. The number of anilines is 1. The van der Waals surface area contributed by atoms with Gasteiger partial charge >= 0.3 is 6.03 Å². The van der Waals surface area contributed by atoms with Crippen molar-refractivity contribution in [3.8, 4) is 0 Å². The average molecular weight is 364 g/mol. The Morgan fingerprint density at radius 3 is 2.81 bits per heavy atom. The van der Waals surface area contributed by atoms with Gasteiger partial charge in [0.2, 0.25) is 5.13 Å². The Labute approximate surface area is 156 Å². The van der Waals surface area contributed by atoms with Crippen LogP contribution < -0.4 is 5.32 Å². The van der Waals surface area contributed by atoms with Gasteiger partial charge in [0, 0.05) is 6.54 Å². The lowest BCUT2D eigenvalue weighted by atomic mass is 10.1. The lowest BCUT2D eigenvalue weighted by molar-refractivity contribution is 0.183. The molecule has 0 bridgehead atoms. The number of fused-ring (bicyclic) bond motifs is 1. The number of urea groups is 1. The zero-order valence-electron chi connectivity index (χ0n) is 14.6. The first-order chi connectivity index (χ1) is 12.7. The summed E-state index contributed by atoms with van der Waals surface area (Å²) >= 11 is 1.32. The number of nitrogens with zero attached hydrogens (tertiary/aromatic N) is 3. The van der Waals surface area contributed by atoms with Crippen LogP contribution in [0, 0.1) is 6.92 Å². The fourth-order valence-electron chi connectivity index (χ4n) is 3.46. The molecule has 1 atom stereocenters. The molecule has 1 aliphatic rings. The molecule has 0 saturated heterocycles. The Balaban J connectivity index is 1.62. The van der Waals surface area contributed by atoms with E-state index in [0.717, 1.165) is 18.4 Å². The molecule has 132 valence electrons. The first-order valence-corrected chi connectivity index (χ1v) is 9.56. The van der Waals surface area contributed by atoms with Crippen LogP contribution in [-0.2, 0) is 13.0 Å². The largest absolute Gasteiger partial charge is 0.324 e. The molecule has 0 saturated carbocycles. The molecule has 1 N–H and O–H groups in total. The summed E-state index contributed by atoms with van der Waals surface area (Å²) in [6.45, 7) is 2.63. The van der Waals surface area contributed by atoms with E-state index in [-0.39, 0.29) is 12.1 Å². The lowest BCUT2D eigenvalue weighted by Gasteiger charge is -2.29. The predicted molar refractivity (Wildman–Crippen MR) is 103 cm³/mol. The number of nitrogens with one attached hydrogen (secondary N) is 1. The number of carbonyl (C=O) groups is 1. The van der Waals surface area contributed by atoms with Gasteiger partial charge in [0.15, 0.2) is 0 Å². The molecule has 5 nitrogen and oxygen atoms in total. The van der Waals surface area contributed by atoms with Crippen LogP contribution in [0.5, 0.6) is 0 Å². The third-order valence-electron chi connectivity index (χ3n) is 4.79. The highest BCUT2D eigenvalue weighted by atomic mass is 32.1. The Hall–Kier alpha value is -2.73. The maximum Gasteiger partial charge on any atom is 0.324 e. The molecule has 1 aliphatic carbocycles. The quantitative estimate of drug-likeness (QED) is 0.738. The summed E-state index contributed by atoms with van der Waals surface area (Å²) in [7, 11) is 0. The zero-order chi connectivity index (χ0) is 17.9. The van der Waals surface area contributed by atoms with Gasteiger partial charge < -0.3 is 4.90 Å². The smallest absolute Gasteiger partial charge is 0.313 e. The SMILES string of the molecule is Cc1ccc(CN(C(=O)Nc2nncs2)[C@@H]2CCc3ccccc32)cc1. The van der Waals surface area contributed by atoms with Crippen molar-refractivity contribution in [3.63, 3.8) is 0 Å². The van der Waals surface area contributed by atoms with Gasteiger partial charge in [0.05, 0.1) is 6.04 Å². The third kappa shape index (κ3) is 3.46. The number of hydrogen-bond acceptors (Lipinski definition) is 4. The highest BCUT2D eigenvalue weighted by Gasteiger charge is 2.31. The molecule has 3 aromatic rings. The summed E-state index contributed by atoms with van der Waals surface area (Å²) in [6, 6.07) is 16.7. The van der Waals surface area contributed by atoms with Crippen LogP contribution >= 0.6 is 11.3 Å². The molecule has 26 heavy (non-hydrogen) atoms. The van der Waals surface area contributed by atoms with E-state index >= 15 is 0 Å². The standard InChI is InChI=1S/C20H20N4OS/c1-14-6-8-15(9-7-14)12-24(20(25)22-19-23-21-13-26-19)18-11-10-16-4-2-3-5-17(16)18/h2-9,13,18H,10-12H2,1H3,(H,22,23,25)/t18-/m1/s1. The zero-order valence-corrected chi connectivity index (χ0v) is 15.4. The fourth-order valence-corrected chi connectivity index (χ4v) is 3.90. The number of carbonyl (C=O) groups excluding carboxylic acids is 1. The molecular weight excluding hydrogens is 344 g/mol. The first-order valence-electron chi connectivity index (χ1n) is 8.68. The van der Waals surface area contributed by atoms with Gasteiger partial charge in [-0.2, -0.15) is 0 Å². The van der Waals surface area contributed by atoms with E-state index in [2.05, 4.69) is 64.9 Å². The van der Waals surface area contributed by atoms with Crippen LogP contribution in [0.4, 0.5) is 9.93 Å². The van der Waals surface area contributed by atoms with Crippen LogP contribution in [0.1, 0.15) is 34.7 Å². The summed E-state index contributed by atoms with van der Waals surface area (Å²) in [5.74, 6) is 0. The molecule has 4 rings (SSSR count). The number of aryl methyl sites for hydroxylation is 2. The Kier molecular flexibility index (Phi) is 4.67. The highest BCUT2D eigenvalue weighted by Crippen LogP contribution is 2.36. The van der Waals surface area contributed by atoms with Gasteiger partial charge in [-0.25, -0.2) is 4.79 Å². The Morgan fingerprint density at radius 1 is 1.23 bits per heavy atom. The maximum absolute atomic E-state index is 13.0. The molecule has 1 aromatic heterocycles. The molecule has 0 unspecified atom stereocenters. The van der Waals surface area contributed by atoms with Crippen LogP contribution in [0.2, 0.25) is 0 Å². The first kappa shape index (κ1) is 16.7. The Bertz CT molecular complexity index is 892. The second-order valence-electron chi connectivity index (χ2n) is 6.54. The van der Waals surface area contributed by atoms with Crippen LogP contribution in [0.15, 0.2) is 54.0 Å². The second kappa shape index (κ2) is 7.25. The number of benzene rings is 2. The van der Waals surface area contributed by atoms with Crippen molar-refractivity contribution in [2.24, 2.45) is 0 Å². The van der Waals surface area contributed by atoms with Gasteiger partial charge in [-0.1, -0.05) is 65.4 Å². The monoisotopic (exact) mass is 364 g/mol. The molecule has 0 radical (unpaired) electrons. The van der Waals surface area contributed by atoms with Crippen molar-refractivity contribution in [2.45, 2.75) is 32.4 Å². The molecule has 1 heterocycles. The molecule has 0 aliphatic heterocycles. The molecule has 6 heteroatoms. The van der Waals surface area contributed by atoms with Gasteiger partial charge in [-0.05, 0) is 36.5 Å². The van der Waals surface area contributed by atoms with E-state index in [1.807, 2.05) is 11.0 Å². The minimum Gasteiger partial charge on any atom is -0.313 e. The average Bonchev–Trinajstić information content (AvgIpc) is 3.31. The van der Waals surface area contributed by atoms with E-state index in [0.29, 0.717) is 11.7 Å². The molecule has 0 fully saturated rings. The summed E-state index contributed by atoms with van der Waals surface area (Å²) in [5.41, 5.74) is 6.52. The van der Waals surface area contributed by atoms with E-state index in [4.69, 9.17) is 0 Å². The van der Waals surface area contributed by atoms with Crippen molar-refractivity contribution in [1.29, 1.82) is 0 Å². The van der Waals surface area contributed by atoms with Crippen LogP contribution in [0.3, 0.4) is 0 Å². The van der Waals surface area contributed by atoms with E-state index in [1.54, 1.807) is 5.51 Å². The van der Waals surface area contributed by atoms with Crippen molar-refractivity contribution >= 4 is 22.5 Å². The van der Waals surface area contributed by atoms with Crippen molar-refractivity contribution < 1.29 is 4.79 Å². The van der Waals surface area contributed by atoms with Gasteiger partial charge in [-0.15, -0.1) is 10.2 Å². The van der Waals surface area contributed by atoms with Crippen LogP contribution in [0.25, 0.3) is 0 Å². The normalized spacial score (nSPS) is 15.5. The second-order valence-corrected chi connectivity index (χ2v) is 7.37. The Morgan fingerprint density at radius 2 is 2.04 bits per heavy atom. The van der Waals surface area contributed by atoms with Crippen molar-refractivity contribution in [3.05, 3.63) is 76.3 Å². The predicted octanol–water partition coefficient (Wildman–Crippen LogP) is 4.57. The minimum atomic E-state index is -0.135. The number of hydrogen-bond donors (Lipinski definition) is 1. The molecular formula is C20H20N4OS. The molecule has 2 aromatic carbocycles. The topological polar surface area (TPSA) is 58.1 Å². The highest BCUT2D eigenvalue weighted by molar-refractivity contribution is 7.13. The molecule has 0 spiro atoms. The number of amides is 2.